The minimum absolute atomic E-state index is 0.159. The number of rotatable bonds is 13. The van der Waals surface area contributed by atoms with Crippen LogP contribution < -0.4 is 5.32 Å². The van der Waals surface area contributed by atoms with Crippen molar-refractivity contribution in [1.29, 1.82) is 0 Å². The molecule has 0 rings (SSSR count). The normalized spacial score (nSPS) is 11.0. The molecule has 2 heteroatoms. The lowest BCUT2D eigenvalue weighted by molar-refractivity contribution is 0.135. The summed E-state index contributed by atoms with van der Waals surface area (Å²) in [5.41, 5.74) is 2.47. The average Bonchev–Trinajstić information content (AvgIpc) is 2.63. The Hall–Kier alpha value is -1.54. The fourth-order valence-electron chi connectivity index (χ4n) is 1.88. The Bertz CT molecular complexity index is 355. The third-order valence-corrected chi connectivity index (χ3v) is 3.26. The quantitative estimate of drug-likeness (QED) is 0.286. The molecular weight excluding hydrogens is 306 g/mol. The summed E-state index contributed by atoms with van der Waals surface area (Å²) in [6.45, 7) is 23.8. The SMILES string of the molecule is C=CC.C=CCCCCC(=C)NC/C(C)=C\CCC(C=C)OC.CC. The van der Waals surface area contributed by atoms with Gasteiger partial charge in [0.15, 0.2) is 0 Å². The zero-order chi connectivity index (χ0) is 19.9. The molecule has 0 aromatic carbocycles. The molecule has 0 aromatic heterocycles. The summed E-state index contributed by atoms with van der Waals surface area (Å²) in [4.78, 5) is 0. The molecule has 0 aliphatic rings. The largest absolute Gasteiger partial charge is 0.385 e. The van der Waals surface area contributed by atoms with Gasteiger partial charge in [0.05, 0.1) is 6.10 Å². The van der Waals surface area contributed by atoms with Crippen LogP contribution in [0.3, 0.4) is 0 Å². The molecule has 1 N–H and O–H groups in total. The molecule has 25 heavy (non-hydrogen) atoms. The summed E-state index contributed by atoms with van der Waals surface area (Å²) in [6.07, 6.45) is 14.5. The zero-order valence-corrected chi connectivity index (χ0v) is 17.6. The van der Waals surface area contributed by atoms with Crippen molar-refractivity contribution < 1.29 is 4.74 Å². The molecule has 0 aromatic rings. The fourth-order valence-corrected chi connectivity index (χ4v) is 1.88. The number of hydrogen-bond donors (Lipinski definition) is 1. The lowest BCUT2D eigenvalue weighted by Gasteiger charge is -2.11. The maximum Gasteiger partial charge on any atom is 0.0752 e. The van der Waals surface area contributed by atoms with Gasteiger partial charge in [-0.15, -0.1) is 19.7 Å². The van der Waals surface area contributed by atoms with Crippen molar-refractivity contribution in [2.24, 2.45) is 0 Å². The van der Waals surface area contributed by atoms with Gasteiger partial charge in [-0.2, -0.15) is 0 Å². The van der Waals surface area contributed by atoms with Gasteiger partial charge in [-0.05, 0) is 52.4 Å². The number of ether oxygens (including phenoxy) is 1. The molecule has 0 aliphatic carbocycles. The molecule has 146 valence electrons. The highest BCUT2D eigenvalue weighted by Gasteiger charge is 2.00. The van der Waals surface area contributed by atoms with Crippen LogP contribution in [-0.2, 0) is 4.74 Å². The Kier molecular flexibility index (Phi) is 27.9. The van der Waals surface area contributed by atoms with Crippen molar-refractivity contribution in [2.45, 2.75) is 72.3 Å². The number of hydrogen-bond acceptors (Lipinski definition) is 2. The molecule has 0 heterocycles. The number of allylic oxidation sites excluding steroid dienone is 4. The minimum atomic E-state index is 0.159. The molecule has 2 nitrogen and oxygen atoms in total. The predicted molar refractivity (Wildman–Crippen MR) is 117 cm³/mol. The van der Waals surface area contributed by atoms with E-state index in [0.717, 1.165) is 37.9 Å². The zero-order valence-electron chi connectivity index (χ0n) is 17.6. The maximum atomic E-state index is 5.26. The highest BCUT2D eigenvalue weighted by Crippen LogP contribution is 2.07. The molecule has 0 amide bonds. The van der Waals surface area contributed by atoms with Crippen LogP contribution in [0, 0.1) is 0 Å². The summed E-state index contributed by atoms with van der Waals surface area (Å²) < 4.78 is 5.26. The first-order valence-corrected chi connectivity index (χ1v) is 9.46. The van der Waals surface area contributed by atoms with E-state index in [2.05, 4.69) is 44.6 Å². The first kappa shape index (κ1) is 28.3. The smallest absolute Gasteiger partial charge is 0.0752 e. The van der Waals surface area contributed by atoms with Crippen LogP contribution in [0.2, 0.25) is 0 Å². The van der Waals surface area contributed by atoms with E-state index < -0.39 is 0 Å². The van der Waals surface area contributed by atoms with Crippen molar-refractivity contribution in [2.75, 3.05) is 13.7 Å². The number of methoxy groups -OCH3 is 1. The lowest BCUT2D eigenvalue weighted by atomic mass is 10.1. The first-order chi connectivity index (χ1) is 12.0. The minimum Gasteiger partial charge on any atom is -0.385 e. The Morgan fingerprint density at radius 2 is 1.72 bits per heavy atom. The average molecular weight is 350 g/mol. The predicted octanol–water partition coefficient (Wildman–Crippen LogP) is 6.98. The van der Waals surface area contributed by atoms with Gasteiger partial charge in [-0.1, -0.05) is 50.3 Å². The summed E-state index contributed by atoms with van der Waals surface area (Å²) in [5.74, 6) is 0. The van der Waals surface area contributed by atoms with E-state index in [4.69, 9.17) is 4.74 Å². The lowest BCUT2D eigenvalue weighted by Crippen LogP contribution is -2.15. The molecule has 1 unspecified atom stereocenters. The molecule has 0 bridgehead atoms. The summed E-state index contributed by atoms with van der Waals surface area (Å²) in [7, 11) is 1.72. The Labute approximate surface area is 158 Å². The third-order valence-electron chi connectivity index (χ3n) is 3.26. The Balaban J connectivity index is -0.000000866. The van der Waals surface area contributed by atoms with Gasteiger partial charge >= 0.3 is 0 Å². The second-order valence-corrected chi connectivity index (χ2v) is 5.54. The van der Waals surface area contributed by atoms with Crippen molar-refractivity contribution in [3.05, 3.63) is 61.9 Å². The van der Waals surface area contributed by atoms with Crippen LogP contribution >= 0.6 is 0 Å². The van der Waals surface area contributed by atoms with E-state index in [-0.39, 0.29) is 6.10 Å². The molecule has 1 atom stereocenters. The van der Waals surface area contributed by atoms with E-state index in [9.17, 15) is 0 Å². The monoisotopic (exact) mass is 349 g/mol. The van der Waals surface area contributed by atoms with Crippen LogP contribution in [0.4, 0.5) is 0 Å². The standard InChI is InChI=1S/C18H31NO.C3H6.C2H6/c1-6-8-9-10-13-17(4)19-15-16(3)12-11-14-18(7-2)20-5;1-3-2;1-2/h6-7,12,18-19H,1-2,4,8-11,13-15H2,3,5H3;3H,1H2,2H3;1-2H3/b16-12-;;. The van der Waals surface area contributed by atoms with E-state index >= 15 is 0 Å². The number of unbranched alkanes of at least 4 members (excludes halogenated alkanes) is 2. The van der Waals surface area contributed by atoms with Gasteiger partial charge in [0.1, 0.15) is 0 Å². The van der Waals surface area contributed by atoms with Crippen molar-refractivity contribution in [3.63, 3.8) is 0 Å². The summed E-state index contributed by atoms with van der Waals surface area (Å²) in [6, 6.07) is 0. The van der Waals surface area contributed by atoms with Gasteiger partial charge in [-0.25, -0.2) is 0 Å². The molecule has 0 aliphatic heterocycles. The topological polar surface area (TPSA) is 21.3 Å². The second-order valence-electron chi connectivity index (χ2n) is 5.54. The van der Waals surface area contributed by atoms with Crippen molar-refractivity contribution in [3.8, 4) is 0 Å². The van der Waals surface area contributed by atoms with Gasteiger partial charge in [0.2, 0.25) is 0 Å². The molecule has 0 radical (unpaired) electrons. The van der Waals surface area contributed by atoms with Crippen LogP contribution in [-0.4, -0.2) is 19.8 Å². The fraction of sp³-hybridized carbons (Fsp3) is 0.565. The van der Waals surface area contributed by atoms with Gasteiger partial charge < -0.3 is 10.1 Å². The van der Waals surface area contributed by atoms with E-state index in [0.29, 0.717) is 0 Å². The van der Waals surface area contributed by atoms with E-state index in [1.165, 1.54) is 18.4 Å². The maximum absolute atomic E-state index is 5.26. The third kappa shape index (κ3) is 24.8. The van der Waals surface area contributed by atoms with Gasteiger partial charge in [0, 0.05) is 19.4 Å². The molecule has 0 saturated heterocycles. The Morgan fingerprint density at radius 1 is 1.12 bits per heavy atom. The molecule has 0 spiro atoms. The van der Waals surface area contributed by atoms with E-state index in [1.54, 1.807) is 13.2 Å². The van der Waals surface area contributed by atoms with Gasteiger partial charge in [-0.3, -0.25) is 0 Å². The highest BCUT2D eigenvalue weighted by atomic mass is 16.5. The second kappa shape index (κ2) is 24.7. The molecule has 0 fully saturated rings. The first-order valence-electron chi connectivity index (χ1n) is 9.46. The van der Waals surface area contributed by atoms with Gasteiger partial charge in [0.25, 0.3) is 0 Å². The van der Waals surface area contributed by atoms with Crippen molar-refractivity contribution in [1.82, 2.24) is 5.32 Å². The van der Waals surface area contributed by atoms with Crippen molar-refractivity contribution >= 4 is 0 Å². The van der Waals surface area contributed by atoms with E-state index in [1.807, 2.05) is 32.9 Å². The number of nitrogens with one attached hydrogen (secondary N) is 1. The van der Waals surface area contributed by atoms with Crippen LogP contribution in [0.1, 0.15) is 66.2 Å². The Morgan fingerprint density at radius 3 is 2.20 bits per heavy atom. The highest BCUT2D eigenvalue weighted by molar-refractivity contribution is 5.04. The van der Waals surface area contributed by atoms with Crippen LogP contribution in [0.25, 0.3) is 0 Å². The molecular formula is C23H43NO. The summed E-state index contributed by atoms with van der Waals surface area (Å²) >= 11 is 0. The molecule has 0 saturated carbocycles. The summed E-state index contributed by atoms with van der Waals surface area (Å²) in [5, 5.41) is 3.39. The van der Waals surface area contributed by atoms with Crippen LogP contribution in [0.5, 0.6) is 0 Å². The van der Waals surface area contributed by atoms with Crippen LogP contribution in [0.15, 0.2) is 61.9 Å².